The molecule has 6 aromatic heterocycles. The highest BCUT2D eigenvalue weighted by atomic mass is 32.1. The van der Waals surface area contributed by atoms with E-state index in [2.05, 4.69) is 288 Å². The van der Waals surface area contributed by atoms with Gasteiger partial charge < -0.3 is 9.13 Å². The van der Waals surface area contributed by atoms with E-state index in [0.717, 1.165) is 0 Å². The lowest BCUT2D eigenvalue weighted by Crippen LogP contribution is -1.93. The number of nitrogens with zero attached hydrogens (tertiary/aromatic N) is 2. The van der Waals surface area contributed by atoms with Gasteiger partial charge in [0.2, 0.25) is 0 Å². The summed E-state index contributed by atoms with van der Waals surface area (Å²) >= 11 is 7.56. The minimum absolute atomic E-state index is 1.20. The van der Waals surface area contributed by atoms with E-state index in [4.69, 9.17) is 0 Å². The number of para-hydroxylation sites is 4. The first kappa shape index (κ1) is 47.4. The Hall–Kier alpha value is -9.40. The van der Waals surface area contributed by atoms with Crippen LogP contribution >= 0.6 is 45.3 Å². The summed E-state index contributed by atoms with van der Waals surface area (Å²) in [6.45, 7) is 0. The van der Waals surface area contributed by atoms with Crippen LogP contribution in [0.2, 0.25) is 0 Å². The third-order valence-corrected chi connectivity index (χ3v) is 21.2. The Labute approximate surface area is 488 Å². The quantitative estimate of drug-likeness (QED) is 0.157. The van der Waals surface area contributed by atoms with Gasteiger partial charge in [0.15, 0.2) is 0 Å². The Kier molecular flexibility index (Phi) is 11.1. The van der Waals surface area contributed by atoms with Crippen LogP contribution in [0.4, 0.5) is 0 Å². The topological polar surface area (TPSA) is 9.86 Å². The molecule has 384 valence electrons. The number of thiophene rings is 4. The van der Waals surface area contributed by atoms with Gasteiger partial charge in [-0.25, -0.2) is 0 Å². The Morgan fingerprint density at radius 3 is 1.16 bits per heavy atom. The molecule has 12 aromatic carbocycles. The molecule has 0 N–H and O–H groups in total. The summed E-state index contributed by atoms with van der Waals surface area (Å²) < 4.78 is 15.6. The molecule has 0 amide bonds. The molecule has 6 heterocycles. The second-order valence-corrected chi connectivity index (χ2v) is 25.3. The maximum Gasteiger partial charge on any atom is 0.0727 e. The minimum atomic E-state index is 1.20. The second kappa shape index (κ2) is 19.1. The molecular formula is C76H46N2S4. The van der Waals surface area contributed by atoms with Crippen molar-refractivity contribution in [2.45, 2.75) is 0 Å². The molecule has 2 nitrogen and oxygen atoms in total. The van der Waals surface area contributed by atoms with Gasteiger partial charge in [-0.3, -0.25) is 0 Å². The molecule has 0 aliphatic rings. The zero-order valence-electron chi connectivity index (χ0n) is 44.1. The monoisotopic (exact) mass is 1110 g/mol. The SMILES string of the molecule is c1ccc(-n2c3ccccc3c3sc4ccc(-c5ccccc5-c5ccc6c(c5)sc5ccccc56)cc4c32)cc1.c1ccc(-n2c3ccccc3c3sc4ccc(-c5ccccc5-c5cccc6c5sc5ccccc56)cc4c32)cc1. The smallest absolute Gasteiger partial charge is 0.0727 e. The molecule has 0 saturated heterocycles. The fraction of sp³-hybridized carbons (Fsp3) is 0. The number of fused-ring (bicyclic) bond motifs is 16. The van der Waals surface area contributed by atoms with E-state index in [9.17, 15) is 0 Å². The largest absolute Gasteiger partial charge is 0.308 e. The van der Waals surface area contributed by atoms with Crippen molar-refractivity contribution in [1.82, 2.24) is 9.13 Å². The van der Waals surface area contributed by atoms with Crippen LogP contribution < -0.4 is 0 Å². The lowest BCUT2D eigenvalue weighted by Gasteiger charge is -2.12. The Morgan fingerprint density at radius 2 is 0.585 bits per heavy atom. The lowest BCUT2D eigenvalue weighted by atomic mass is 9.93. The van der Waals surface area contributed by atoms with Crippen molar-refractivity contribution in [3.05, 3.63) is 279 Å². The lowest BCUT2D eigenvalue weighted by molar-refractivity contribution is 1.19. The third kappa shape index (κ3) is 7.50. The highest BCUT2D eigenvalue weighted by molar-refractivity contribution is 7.27. The van der Waals surface area contributed by atoms with E-state index in [-0.39, 0.29) is 0 Å². The number of rotatable bonds is 6. The average Bonchev–Trinajstić information content (AvgIpc) is 2.65. The van der Waals surface area contributed by atoms with Gasteiger partial charge in [0.05, 0.1) is 31.5 Å². The molecule has 0 bridgehead atoms. The summed E-state index contributed by atoms with van der Waals surface area (Å²) in [6.07, 6.45) is 0. The Balaban J connectivity index is 0.000000130. The maximum absolute atomic E-state index is 2.44. The van der Waals surface area contributed by atoms with Crippen molar-refractivity contribution in [3.8, 4) is 55.9 Å². The average molecular weight is 1120 g/mol. The molecule has 82 heavy (non-hydrogen) atoms. The zero-order chi connectivity index (χ0) is 53.8. The molecule has 0 aliphatic carbocycles. The fourth-order valence-corrected chi connectivity index (χ4v) is 17.6. The van der Waals surface area contributed by atoms with Crippen LogP contribution in [0.25, 0.3) is 159 Å². The summed E-state index contributed by atoms with van der Waals surface area (Å²) in [5.74, 6) is 0. The van der Waals surface area contributed by atoms with Crippen molar-refractivity contribution >= 4 is 148 Å². The standard InChI is InChI=1S/2C38H23NS2/c1-2-11-25(12-3-1)39-33-19-8-6-16-31(33)38-36(39)32-23-24(21-22-35(32)41-38)26-13-4-5-14-27(26)29-17-10-18-30-28-15-7-9-20-34(28)40-37(29)30;1-2-10-26(11-3-1)39-33-16-8-6-15-31(33)38-37(39)32-22-24(19-21-35(32)41-38)27-12-4-5-13-28(27)25-18-20-30-29-14-7-9-17-34(29)40-36(30)23-25/h2*1-23H. The molecule has 0 radical (unpaired) electrons. The highest BCUT2D eigenvalue weighted by Crippen LogP contribution is 2.48. The van der Waals surface area contributed by atoms with Crippen LogP contribution in [0.15, 0.2) is 279 Å². The molecule has 0 aliphatic heterocycles. The molecular weight excluding hydrogens is 1070 g/mol. The van der Waals surface area contributed by atoms with Crippen LogP contribution in [0.3, 0.4) is 0 Å². The van der Waals surface area contributed by atoms with Crippen LogP contribution in [0, 0.1) is 0 Å². The maximum atomic E-state index is 2.44. The Morgan fingerprint density at radius 1 is 0.207 bits per heavy atom. The first-order valence-electron chi connectivity index (χ1n) is 27.7. The number of benzene rings is 12. The molecule has 6 heteroatoms. The zero-order valence-corrected chi connectivity index (χ0v) is 47.4. The fourth-order valence-electron chi connectivity index (χ4n) is 12.8. The molecule has 0 unspecified atom stereocenters. The van der Waals surface area contributed by atoms with Crippen molar-refractivity contribution in [1.29, 1.82) is 0 Å². The van der Waals surface area contributed by atoms with E-state index in [0.29, 0.717) is 0 Å². The van der Waals surface area contributed by atoms with Gasteiger partial charge in [0, 0.05) is 88.2 Å². The van der Waals surface area contributed by atoms with E-state index in [1.165, 1.54) is 159 Å². The van der Waals surface area contributed by atoms with Crippen molar-refractivity contribution < 1.29 is 0 Å². The summed E-state index contributed by atoms with van der Waals surface area (Å²) in [5, 5.41) is 10.6. The first-order valence-corrected chi connectivity index (χ1v) is 31.0. The summed E-state index contributed by atoms with van der Waals surface area (Å²) in [5.41, 5.74) is 17.6. The summed E-state index contributed by atoms with van der Waals surface area (Å²) in [4.78, 5) is 0. The van der Waals surface area contributed by atoms with Gasteiger partial charge in [-0.2, -0.15) is 0 Å². The van der Waals surface area contributed by atoms with Crippen LogP contribution in [0.1, 0.15) is 0 Å². The minimum Gasteiger partial charge on any atom is -0.308 e. The second-order valence-electron chi connectivity index (χ2n) is 21.0. The van der Waals surface area contributed by atoms with Crippen LogP contribution in [0.5, 0.6) is 0 Å². The number of hydrogen-bond acceptors (Lipinski definition) is 4. The van der Waals surface area contributed by atoms with E-state index >= 15 is 0 Å². The first-order chi connectivity index (χ1) is 40.7. The third-order valence-electron chi connectivity index (χ3n) is 16.4. The van der Waals surface area contributed by atoms with E-state index in [1.807, 2.05) is 45.3 Å². The molecule has 18 aromatic rings. The molecule has 0 spiro atoms. The molecule has 0 saturated carbocycles. The van der Waals surface area contributed by atoms with Gasteiger partial charge in [-0.15, -0.1) is 45.3 Å². The highest BCUT2D eigenvalue weighted by Gasteiger charge is 2.22. The summed E-state index contributed by atoms with van der Waals surface area (Å²) in [6, 6.07) is 102. The molecule has 0 fully saturated rings. The molecule has 0 atom stereocenters. The Bertz CT molecular complexity index is 5530. The predicted molar refractivity (Wildman–Crippen MR) is 360 cm³/mol. The van der Waals surface area contributed by atoms with Gasteiger partial charge in [0.25, 0.3) is 0 Å². The van der Waals surface area contributed by atoms with Gasteiger partial charge in [-0.05, 0) is 118 Å². The molecule has 18 rings (SSSR count). The van der Waals surface area contributed by atoms with Crippen LogP contribution in [-0.2, 0) is 0 Å². The predicted octanol–water partition coefficient (Wildman–Crippen LogP) is 23.4. The van der Waals surface area contributed by atoms with Crippen molar-refractivity contribution in [2.24, 2.45) is 0 Å². The van der Waals surface area contributed by atoms with Gasteiger partial charge in [0.1, 0.15) is 0 Å². The van der Waals surface area contributed by atoms with E-state index < -0.39 is 0 Å². The van der Waals surface area contributed by atoms with Gasteiger partial charge in [-0.1, -0.05) is 200 Å². The summed E-state index contributed by atoms with van der Waals surface area (Å²) in [7, 11) is 0. The van der Waals surface area contributed by atoms with Gasteiger partial charge >= 0.3 is 0 Å². The van der Waals surface area contributed by atoms with Crippen molar-refractivity contribution in [2.75, 3.05) is 0 Å². The number of hydrogen-bond donors (Lipinski definition) is 0. The normalized spacial score (nSPS) is 11.9. The number of aromatic nitrogens is 2. The van der Waals surface area contributed by atoms with Crippen molar-refractivity contribution in [3.63, 3.8) is 0 Å². The van der Waals surface area contributed by atoms with E-state index in [1.54, 1.807) is 0 Å². The van der Waals surface area contributed by atoms with Crippen LogP contribution in [-0.4, -0.2) is 9.13 Å².